The number of nitro groups is 1. The van der Waals surface area contributed by atoms with Gasteiger partial charge in [0.1, 0.15) is 5.75 Å². The van der Waals surface area contributed by atoms with E-state index in [1.165, 1.54) is 12.1 Å². The molecule has 0 fully saturated rings. The molecule has 0 saturated heterocycles. The van der Waals surface area contributed by atoms with Gasteiger partial charge < -0.3 is 4.74 Å². The zero-order valence-corrected chi connectivity index (χ0v) is 13.2. The van der Waals surface area contributed by atoms with E-state index in [1.807, 2.05) is 0 Å². The molecule has 112 valence electrons. The van der Waals surface area contributed by atoms with Crippen LogP contribution in [0.2, 0.25) is 15.1 Å². The average Bonchev–Trinajstić information content (AvgIpc) is 2.46. The summed E-state index contributed by atoms with van der Waals surface area (Å²) in [5, 5.41) is 12.6. The summed E-state index contributed by atoms with van der Waals surface area (Å²) in [7, 11) is 0. The van der Waals surface area contributed by atoms with Crippen LogP contribution in [0.3, 0.4) is 0 Å². The molecule has 1 unspecified atom stereocenters. The molecule has 3 rings (SSSR count). The van der Waals surface area contributed by atoms with Crippen molar-refractivity contribution in [2.75, 3.05) is 0 Å². The monoisotopic (exact) mass is 355 g/mol. The minimum atomic E-state index is -0.909. The molecule has 0 N–H and O–H groups in total. The Morgan fingerprint density at radius 1 is 1.05 bits per heavy atom. The molecule has 4 nitrogen and oxygen atoms in total. The predicted octanol–water partition coefficient (Wildman–Crippen LogP) is 5.40. The summed E-state index contributed by atoms with van der Waals surface area (Å²) < 4.78 is 5.77. The van der Waals surface area contributed by atoms with Crippen LogP contribution in [0.1, 0.15) is 17.2 Å². The lowest BCUT2D eigenvalue weighted by Crippen LogP contribution is -2.20. The Hall–Kier alpha value is -1.75. The smallest absolute Gasteiger partial charge is 0.291 e. The average molecular weight is 357 g/mol. The highest BCUT2D eigenvalue weighted by Gasteiger charge is 2.34. The number of hydrogen-bond donors (Lipinski definition) is 0. The maximum absolute atomic E-state index is 11.4. The van der Waals surface area contributed by atoms with Crippen molar-refractivity contribution in [2.24, 2.45) is 0 Å². The predicted molar refractivity (Wildman–Crippen MR) is 86.3 cm³/mol. The zero-order valence-electron chi connectivity index (χ0n) is 10.9. The molecule has 0 bridgehead atoms. The van der Waals surface area contributed by atoms with Gasteiger partial charge in [-0.15, -0.1) is 0 Å². The van der Waals surface area contributed by atoms with Gasteiger partial charge in [0, 0.05) is 32.3 Å². The van der Waals surface area contributed by atoms with E-state index >= 15 is 0 Å². The van der Waals surface area contributed by atoms with Crippen molar-refractivity contribution in [3.8, 4) is 5.75 Å². The minimum Gasteiger partial charge on any atom is -0.474 e. The van der Waals surface area contributed by atoms with Crippen molar-refractivity contribution in [3.63, 3.8) is 0 Å². The molecular weight excluding hydrogens is 349 g/mol. The Morgan fingerprint density at radius 2 is 1.73 bits per heavy atom. The fourth-order valence-corrected chi connectivity index (χ4v) is 2.94. The number of benzene rings is 2. The van der Waals surface area contributed by atoms with Gasteiger partial charge >= 0.3 is 0 Å². The Morgan fingerprint density at radius 3 is 2.41 bits per heavy atom. The zero-order chi connectivity index (χ0) is 15.9. The lowest BCUT2D eigenvalue weighted by Gasteiger charge is -2.23. The Kier molecular flexibility index (Phi) is 4.00. The first-order valence-electron chi connectivity index (χ1n) is 6.23. The van der Waals surface area contributed by atoms with Gasteiger partial charge in [-0.25, -0.2) is 0 Å². The Labute approximate surface area is 141 Å². The molecule has 0 amide bonds. The van der Waals surface area contributed by atoms with Crippen molar-refractivity contribution in [3.05, 3.63) is 78.4 Å². The van der Waals surface area contributed by atoms with Crippen molar-refractivity contribution >= 4 is 40.9 Å². The first-order chi connectivity index (χ1) is 10.5. The summed E-state index contributed by atoms with van der Waals surface area (Å²) in [4.78, 5) is 10.9. The summed E-state index contributed by atoms with van der Waals surface area (Å²) in [5.74, 6) is 0.506. The molecule has 1 heterocycles. The molecule has 1 aliphatic heterocycles. The lowest BCUT2D eigenvalue weighted by molar-refractivity contribution is -0.434. The molecule has 0 aromatic heterocycles. The third kappa shape index (κ3) is 2.77. The van der Waals surface area contributed by atoms with E-state index in [9.17, 15) is 10.1 Å². The lowest BCUT2D eigenvalue weighted by atomic mass is 10.0. The number of halogens is 3. The van der Waals surface area contributed by atoms with E-state index in [0.29, 0.717) is 31.9 Å². The van der Waals surface area contributed by atoms with Gasteiger partial charge in [0.2, 0.25) is 6.10 Å². The van der Waals surface area contributed by atoms with Crippen LogP contribution < -0.4 is 4.74 Å². The van der Waals surface area contributed by atoms with Crippen LogP contribution in [0.4, 0.5) is 0 Å². The summed E-state index contributed by atoms with van der Waals surface area (Å²) >= 11 is 17.9. The van der Waals surface area contributed by atoms with Crippen LogP contribution in [-0.4, -0.2) is 4.92 Å². The Balaban J connectivity index is 2.13. The minimum absolute atomic E-state index is 0.112. The van der Waals surface area contributed by atoms with Gasteiger partial charge in [-0.05, 0) is 30.3 Å². The van der Waals surface area contributed by atoms with Gasteiger partial charge in [-0.2, -0.15) is 0 Å². The summed E-state index contributed by atoms with van der Waals surface area (Å²) in [6, 6.07) is 9.69. The van der Waals surface area contributed by atoms with Gasteiger partial charge in [-0.1, -0.05) is 40.9 Å². The number of ether oxygens (including phenoxy) is 1. The number of nitrogens with zero attached hydrogens (tertiary/aromatic N) is 1. The maximum Gasteiger partial charge on any atom is 0.291 e. The highest BCUT2D eigenvalue weighted by atomic mass is 35.5. The third-order valence-corrected chi connectivity index (χ3v) is 4.04. The standard InChI is InChI=1S/C15H8Cl3NO3/c16-9-2-4-14-8(5-9)6-13(19(20)21)15(22-14)11-3-1-10(17)7-12(11)18/h1-7,15H. The van der Waals surface area contributed by atoms with Gasteiger partial charge in [0.15, 0.2) is 0 Å². The second-order valence-corrected chi connectivity index (χ2v) is 5.95. The third-order valence-electron chi connectivity index (χ3n) is 3.24. The molecular formula is C15H8Cl3NO3. The van der Waals surface area contributed by atoms with Gasteiger partial charge in [0.25, 0.3) is 5.70 Å². The van der Waals surface area contributed by atoms with E-state index in [-0.39, 0.29) is 5.70 Å². The van der Waals surface area contributed by atoms with E-state index < -0.39 is 11.0 Å². The fourth-order valence-electron chi connectivity index (χ4n) is 2.25. The number of hydrogen-bond acceptors (Lipinski definition) is 3. The van der Waals surface area contributed by atoms with E-state index in [2.05, 4.69) is 0 Å². The van der Waals surface area contributed by atoms with Crippen LogP contribution in [0.5, 0.6) is 5.75 Å². The molecule has 2 aromatic rings. The molecule has 0 radical (unpaired) electrons. The first kappa shape index (κ1) is 15.2. The largest absolute Gasteiger partial charge is 0.474 e. The second kappa shape index (κ2) is 5.80. The summed E-state index contributed by atoms with van der Waals surface area (Å²) in [6.07, 6.45) is 0.536. The van der Waals surface area contributed by atoms with Crippen LogP contribution in [-0.2, 0) is 0 Å². The highest BCUT2D eigenvalue weighted by molar-refractivity contribution is 6.35. The second-order valence-electron chi connectivity index (χ2n) is 4.67. The molecule has 0 spiro atoms. The first-order valence-corrected chi connectivity index (χ1v) is 7.36. The maximum atomic E-state index is 11.4. The Bertz CT molecular complexity index is 805. The number of rotatable bonds is 2. The SMILES string of the molecule is O=[N+]([O-])C1=Cc2cc(Cl)ccc2OC1c1ccc(Cl)cc1Cl. The van der Waals surface area contributed by atoms with Crippen LogP contribution in [0.25, 0.3) is 6.08 Å². The highest BCUT2D eigenvalue weighted by Crippen LogP contribution is 2.41. The summed E-state index contributed by atoms with van der Waals surface area (Å²) in [5.41, 5.74) is 0.925. The molecule has 2 aromatic carbocycles. The van der Waals surface area contributed by atoms with E-state index in [4.69, 9.17) is 39.5 Å². The normalized spacial score (nSPS) is 16.5. The quantitative estimate of drug-likeness (QED) is 0.535. The molecule has 22 heavy (non-hydrogen) atoms. The van der Waals surface area contributed by atoms with Crippen LogP contribution >= 0.6 is 34.8 Å². The number of fused-ring (bicyclic) bond motifs is 1. The van der Waals surface area contributed by atoms with Gasteiger partial charge in [0.05, 0.1) is 4.92 Å². The summed E-state index contributed by atoms with van der Waals surface area (Å²) in [6.45, 7) is 0. The molecule has 1 atom stereocenters. The van der Waals surface area contributed by atoms with E-state index in [1.54, 1.807) is 30.3 Å². The molecule has 1 aliphatic rings. The molecule has 0 saturated carbocycles. The van der Waals surface area contributed by atoms with Crippen LogP contribution in [0, 0.1) is 10.1 Å². The fraction of sp³-hybridized carbons (Fsp3) is 0.0667. The molecule has 0 aliphatic carbocycles. The van der Waals surface area contributed by atoms with Crippen molar-refractivity contribution in [2.45, 2.75) is 6.10 Å². The van der Waals surface area contributed by atoms with E-state index in [0.717, 1.165) is 0 Å². The van der Waals surface area contributed by atoms with Crippen molar-refractivity contribution in [1.29, 1.82) is 0 Å². The molecule has 7 heteroatoms. The van der Waals surface area contributed by atoms with Crippen molar-refractivity contribution in [1.82, 2.24) is 0 Å². The van der Waals surface area contributed by atoms with Gasteiger partial charge in [-0.3, -0.25) is 10.1 Å². The topological polar surface area (TPSA) is 52.4 Å². The van der Waals surface area contributed by atoms with Crippen molar-refractivity contribution < 1.29 is 9.66 Å². The van der Waals surface area contributed by atoms with Crippen LogP contribution in [0.15, 0.2) is 42.1 Å².